The largest absolute Gasteiger partial charge is 0.497 e. The summed E-state index contributed by atoms with van der Waals surface area (Å²) < 4.78 is 9.78. The molecule has 0 bridgehead atoms. The third kappa shape index (κ3) is 1.76. The lowest BCUT2D eigenvalue weighted by Crippen LogP contribution is -2.02. The van der Waals surface area contributed by atoms with Crippen molar-refractivity contribution in [1.29, 1.82) is 0 Å². The number of aromatic nitrogens is 4. The number of hydrogen-bond acceptors (Lipinski definition) is 3. The summed E-state index contributed by atoms with van der Waals surface area (Å²) in [6.07, 6.45) is 0. The van der Waals surface area contributed by atoms with E-state index in [0.29, 0.717) is 4.77 Å². The van der Waals surface area contributed by atoms with Crippen molar-refractivity contribution < 1.29 is 4.74 Å². The van der Waals surface area contributed by atoms with Gasteiger partial charge < -0.3 is 9.72 Å². The van der Waals surface area contributed by atoms with Crippen LogP contribution in [0.3, 0.4) is 0 Å². The number of fused-ring (bicyclic) bond motifs is 1. The maximum Gasteiger partial charge on any atom is 0.184 e. The molecule has 1 N–H and O–H groups in total. The zero-order valence-corrected chi connectivity index (χ0v) is 12.7. The highest BCUT2D eigenvalue weighted by Gasteiger charge is 2.15. The SMILES string of the molecule is COc1ccc(-n2c(=S)[nH]c3c(C)nn(C)c32)c(C)c1. The first-order valence-electron chi connectivity index (χ1n) is 6.32. The Bertz CT molecular complexity index is 856. The number of methoxy groups -OCH3 is 1. The average molecular weight is 288 g/mol. The lowest BCUT2D eigenvalue weighted by molar-refractivity contribution is 0.414. The molecule has 0 aliphatic heterocycles. The molecule has 0 spiro atoms. The van der Waals surface area contributed by atoms with Gasteiger partial charge in [0, 0.05) is 7.05 Å². The van der Waals surface area contributed by atoms with Crippen LogP contribution >= 0.6 is 12.2 Å². The number of rotatable bonds is 2. The first-order chi connectivity index (χ1) is 9.52. The van der Waals surface area contributed by atoms with Gasteiger partial charge >= 0.3 is 0 Å². The van der Waals surface area contributed by atoms with Crippen LogP contribution in [0.15, 0.2) is 18.2 Å². The molecule has 3 rings (SSSR count). The predicted octanol–water partition coefficient (Wildman–Crippen LogP) is 3.05. The van der Waals surface area contributed by atoms with E-state index in [1.807, 2.05) is 48.3 Å². The van der Waals surface area contributed by atoms with Crippen molar-refractivity contribution in [3.8, 4) is 11.4 Å². The fourth-order valence-electron chi connectivity index (χ4n) is 2.54. The van der Waals surface area contributed by atoms with Crippen molar-refractivity contribution in [1.82, 2.24) is 19.3 Å². The average Bonchev–Trinajstić information content (AvgIpc) is 2.88. The summed E-state index contributed by atoms with van der Waals surface area (Å²) in [6, 6.07) is 5.95. The maximum atomic E-state index is 5.46. The minimum atomic E-state index is 0.671. The number of nitrogens with zero attached hydrogens (tertiary/aromatic N) is 3. The molecule has 0 aliphatic carbocycles. The van der Waals surface area contributed by atoms with Crippen LogP contribution in [-0.4, -0.2) is 26.4 Å². The third-order valence-corrected chi connectivity index (χ3v) is 3.77. The highest BCUT2D eigenvalue weighted by Crippen LogP contribution is 2.25. The van der Waals surface area contributed by atoms with E-state index in [0.717, 1.165) is 33.9 Å². The van der Waals surface area contributed by atoms with Gasteiger partial charge in [-0.2, -0.15) is 5.10 Å². The fraction of sp³-hybridized carbons (Fsp3) is 0.286. The van der Waals surface area contributed by atoms with Crippen LogP contribution < -0.4 is 4.74 Å². The lowest BCUT2D eigenvalue weighted by Gasteiger charge is -2.10. The standard InChI is InChI=1S/C14H16N4OS/c1-8-7-10(19-4)5-6-11(8)18-13-12(15-14(18)20)9(2)16-17(13)3/h5-7H,1-4H3,(H,15,20). The monoisotopic (exact) mass is 288 g/mol. The van der Waals surface area contributed by atoms with Gasteiger partial charge in [0.1, 0.15) is 11.3 Å². The number of benzene rings is 1. The molecule has 0 atom stereocenters. The molecule has 2 aromatic heterocycles. The summed E-state index contributed by atoms with van der Waals surface area (Å²) in [7, 11) is 3.59. The predicted molar refractivity (Wildman–Crippen MR) is 81.3 cm³/mol. The zero-order chi connectivity index (χ0) is 14.4. The van der Waals surface area contributed by atoms with E-state index >= 15 is 0 Å². The Morgan fingerprint density at radius 3 is 2.70 bits per heavy atom. The Kier molecular flexibility index (Phi) is 2.90. The smallest absolute Gasteiger partial charge is 0.184 e. The van der Waals surface area contributed by atoms with Crippen molar-refractivity contribution in [2.75, 3.05) is 7.11 Å². The highest BCUT2D eigenvalue weighted by molar-refractivity contribution is 7.71. The molecule has 6 heteroatoms. The van der Waals surface area contributed by atoms with Gasteiger partial charge in [0.25, 0.3) is 0 Å². The molecule has 0 aliphatic rings. The molecule has 104 valence electrons. The van der Waals surface area contributed by atoms with E-state index in [4.69, 9.17) is 17.0 Å². The third-order valence-electron chi connectivity index (χ3n) is 3.48. The molecule has 3 aromatic rings. The molecular formula is C14H16N4OS. The molecule has 1 aromatic carbocycles. The van der Waals surface area contributed by atoms with E-state index in [9.17, 15) is 0 Å². The Hall–Kier alpha value is -2.08. The Morgan fingerprint density at radius 1 is 1.30 bits per heavy atom. The molecule has 0 saturated heterocycles. The van der Waals surface area contributed by atoms with Gasteiger partial charge in [-0.1, -0.05) is 0 Å². The number of aryl methyl sites for hydroxylation is 3. The van der Waals surface area contributed by atoms with E-state index in [1.165, 1.54) is 0 Å². The van der Waals surface area contributed by atoms with E-state index in [2.05, 4.69) is 10.1 Å². The highest BCUT2D eigenvalue weighted by atomic mass is 32.1. The minimum absolute atomic E-state index is 0.671. The first kappa shape index (κ1) is 12.9. The maximum absolute atomic E-state index is 5.46. The normalized spacial score (nSPS) is 11.2. The molecule has 0 amide bonds. The molecule has 0 radical (unpaired) electrons. The van der Waals surface area contributed by atoms with Crippen LogP contribution in [0.2, 0.25) is 0 Å². The Balaban J connectivity index is 2.35. The number of imidazole rings is 1. The Morgan fingerprint density at radius 2 is 2.05 bits per heavy atom. The second-order valence-electron chi connectivity index (χ2n) is 4.83. The van der Waals surface area contributed by atoms with Gasteiger partial charge in [-0.25, -0.2) is 4.68 Å². The van der Waals surface area contributed by atoms with Crippen LogP contribution in [0.25, 0.3) is 16.9 Å². The van der Waals surface area contributed by atoms with Crippen LogP contribution in [0.4, 0.5) is 0 Å². The van der Waals surface area contributed by atoms with Crippen LogP contribution in [0.5, 0.6) is 5.75 Å². The molecule has 20 heavy (non-hydrogen) atoms. The van der Waals surface area contributed by atoms with Crippen molar-refractivity contribution in [3.05, 3.63) is 34.2 Å². The summed E-state index contributed by atoms with van der Waals surface area (Å²) >= 11 is 5.46. The van der Waals surface area contributed by atoms with Gasteiger partial charge in [0.15, 0.2) is 10.4 Å². The molecule has 5 nitrogen and oxygen atoms in total. The number of nitrogens with one attached hydrogen (secondary N) is 1. The van der Waals surface area contributed by atoms with E-state index in [1.54, 1.807) is 7.11 Å². The second kappa shape index (κ2) is 4.49. The number of hydrogen-bond donors (Lipinski definition) is 1. The number of aromatic amines is 1. The molecular weight excluding hydrogens is 272 g/mol. The Labute approximate surface area is 121 Å². The zero-order valence-electron chi connectivity index (χ0n) is 11.9. The number of H-pyrrole nitrogens is 1. The quantitative estimate of drug-likeness (QED) is 0.737. The van der Waals surface area contributed by atoms with Crippen LogP contribution in [0, 0.1) is 18.6 Å². The van der Waals surface area contributed by atoms with Crippen molar-refractivity contribution in [2.24, 2.45) is 7.05 Å². The number of ether oxygens (including phenoxy) is 1. The van der Waals surface area contributed by atoms with E-state index in [-0.39, 0.29) is 0 Å². The minimum Gasteiger partial charge on any atom is -0.497 e. The first-order valence-corrected chi connectivity index (χ1v) is 6.73. The van der Waals surface area contributed by atoms with Crippen molar-refractivity contribution >= 4 is 23.4 Å². The molecule has 0 unspecified atom stereocenters. The van der Waals surface area contributed by atoms with Gasteiger partial charge in [-0.05, 0) is 49.8 Å². The second-order valence-corrected chi connectivity index (χ2v) is 5.21. The topological polar surface area (TPSA) is 47.8 Å². The van der Waals surface area contributed by atoms with Gasteiger partial charge in [0.05, 0.1) is 18.5 Å². The van der Waals surface area contributed by atoms with Gasteiger partial charge in [0.2, 0.25) is 0 Å². The molecule has 0 saturated carbocycles. The van der Waals surface area contributed by atoms with E-state index < -0.39 is 0 Å². The lowest BCUT2D eigenvalue weighted by atomic mass is 10.2. The van der Waals surface area contributed by atoms with Gasteiger partial charge in [-0.15, -0.1) is 0 Å². The summed E-state index contributed by atoms with van der Waals surface area (Å²) in [5, 5.41) is 4.43. The summed E-state index contributed by atoms with van der Waals surface area (Å²) in [5.41, 5.74) is 5.03. The van der Waals surface area contributed by atoms with Crippen molar-refractivity contribution in [3.63, 3.8) is 0 Å². The fourth-order valence-corrected chi connectivity index (χ4v) is 2.82. The molecule has 0 fully saturated rings. The van der Waals surface area contributed by atoms with Crippen LogP contribution in [0.1, 0.15) is 11.3 Å². The molecule has 2 heterocycles. The summed E-state index contributed by atoms with van der Waals surface area (Å²) in [4.78, 5) is 3.23. The van der Waals surface area contributed by atoms with Gasteiger partial charge in [-0.3, -0.25) is 4.57 Å². The summed E-state index contributed by atoms with van der Waals surface area (Å²) in [5.74, 6) is 0.839. The van der Waals surface area contributed by atoms with Crippen LogP contribution in [-0.2, 0) is 7.05 Å². The summed E-state index contributed by atoms with van der Waals surface area (Å²) in [6.45, 7) is 4.01. The van der Waals surface area contributed by atoms with Crippen molar-refractivity contribution in [2.45, 2.75) is 13.8 Å².